The largest absolute Gasteiger partial charge is 0.480 e. The first-order chi connectivity index (χ1) is 9.82. The van der Waals surface area contributed by atoms with Crippen molar-refractivity contribution in [1.82, 2.24) is 4.31 Å². The zero-order chi connectivity index (χ0) is 15.6. The van der Waals surface area contributed by atoms with Crippen LogP contribution in [0.15, 0.2) is 29.2 Å². The average molecular weight is 312 g/mol. The van der Waals surface area contributed by atoms with E-state index in [4.69, 9.17) is 5.11 Å². The van der Waals surface area contributed by atoms with E-state index in [1.165, 1.54) is 19.2 Å². The van der Waals surface area contributed by atoms with E-state index in [0.29, 0.717) is 18.7 Å². The Labute approximate surface area is 122 Å². The fourth-order valence-electron chi connectivity index (χ4n) is 2.17. The molecular formula is C13H16N2O5S. The van der Waals surface area contributed by atoms with Gasteiger partial charge in [0.15, 0.2) is 0 Å². The molecule has 0 bridgehead atoms. The molecule has 1 N–H and O–H groups in total. The lowest BCUT2D eigenvalue weighted by atomic mass is 10.3. The lowest BCUT2D eigenvalue weighted by molar-refractivity contribution is -0.137. The zero-order valence-electron chi connectivity index (χ0n) is 11.5. The fourth-order valence-corrected chi connectivity index (χ4v) is 3.29. The van der Waals surface area contributed by atoms with Crippen molar-refractivity contribution in [2.45, 2.75) is 17.7 Å². The molecule has 1 aliphatic heterocycles. The minimum absolute atomic E-state index is 0.00152. The van der Waals surface area contributed by atoms with Crippen molar-refractivity contribution in [2.75, 3.05) is 25.0 Å². The molecule has 0 spiro atoms. The molecule has 8 heteroatoms. The summed E-state index contributed by atoms with van der Waals surface area (Å²) in [5.41, 5.74) is 0.650. The quantitative estimate of drug-likeness (QED) is 0.855. The maximum Gasteiger partial charge on any atom is 0.318 e. The van der Waals surface area contributed by atoms with Gasteiger partial charge in [-0.15, -0.1) is 0 Å². The number of carboxylic acids is 1. The maximum absolute atomic E-state index is 12.1. The second-order valence-electron chi connectivity index (χ2n) is 4.80. The molecule has 1 heterocycles. The molecule has 1 fully saturated rings. The van der Waals surface area contributed by atoms with Crippen molar-refractivity contribution in [3.8, 4) is 0 Å². The van der Waals surface area contributed by atoms with Gasteiger partial charge in [0.2, 0.25) is 15.9 Å². The summed E-state index contributed by atoms with van der Waals surface area (Å²) >= 11 is 0. The number of amides is 1. The third-order valence-electron chi connectivity index (χ3n) is 3.29. The van der Waals surface area contributed by atoms with Crippen LogP contribution in [0.4, 0.5) is 5.69 Å². The van der Waals surface area contributed by atoms with E-state index in [9.17, 15) is 18.0 Å². The van der Waals surface area contributed by atoms with Gasteiger partial charge >= 0.3 is 5.97 Å². The Morgan fingerprint density at radius 2 is 1.95 bits per heavy atom. The van der Waals surface area contributed by atoms with Crippen molar-refractivity contribution < 1.29 is 23.1 Å². The molecule has 0 aliphatic carbocycles. The molecular weight excluding hydrogens is 296 g/mol. The lowest BCUT2D eigenvalue weighted by Crippen LogP contribution is -2.32. The monoisotopic (exact) mass is 312 g/mol. The molecule has 2 rings (SSSR count). The summed E-state index contributed by atoms with van der Waals surface area (Å²) in [4.78, 5) is 23.8. The number of aliphatic carboxylic acids is 1. The van der Waals surface area contributed by atoms with Crippen LogP contribution in [0, 0.1) is 0 Å². The molecule has 0 atom stereocenters. The molecule has 1 aromatic rings. The molecule has 1 saturated heterocycles. The van der Waals surface area contributed by atoms with E-state index in [1.807, 2.05) is 0 Å². The molecule has 1 aromatic carbocycles. The van der Waals surface area contributed by atoms with Gasteiger partial charge in [-0.3, -0.25) is 9.59 Å². The van der Waals surface area contributed by atoms with Gasteiger partial charge in [0.1, 0.15) is 6.54 Å². The van der Waals surface area contributed by atoms with Gasteiger partial charge in [-0.05, 0) is 30.7 Å². The molecule has 0 unspecified atom stereocenters. The molecule has 0 radical (unpaired) electrons. The van der Waals surface area contributed by atoms with Crippen LogP contribution in [-0.4, -0.2) is 49.8 Å². The smallest absolute Gasteiger partial charge is 0.318 e. The lowest BCUT2D eigenvalue weighted by Gasteiger charge is -2.18. The highest BCUT2D eigenvalue weighted by Crippen LogP contribution is 2.23. The van der Waals surface area contributed by atoms with E-state index in [1.54, 1.807) is 17.0 Å². The third-order valence-corrected chi connectivity index (χ3v) is 5.11. The number of carboxylic acid groups (broad SMARTS) is 1. The van der Waals surface area contributed by atoms with E-state index < -0.39 is 22.5 Å². The number of hydrogen-bond acceptors (Lipinski definition) is 4. The van der Waals surface area contributed by atoms with Gasteiger partial charge < -0.3 is 10.0 Å². The van der Waals surface area contributed by atoms with Crippen LogP contribution < -0.4 is 4.90 Å². The van der Waals surface area contributed by atoms with E-state index >= 15 is 0 Å². The summed E-state index contributed by atoms with van der Waals surface area (Å²) in [6.07, 6.45) is 1.29. The van der Waals surface area contributed by atoms with Crippen LogP contribution in [-0.2, 0) is 19.6 Å². The number of likely N-dealkylation sites (N-methyl/N-ethyl adjacent to an activating group) is 1. The number of nitrogens with zero attached hydrogens (tertiary/aromatic N) is 2. The Morgan fingerprint density at radius 1 is 1.33 bits per heavy atom. The van der Waals surface area contributed by atoms with Gasteiger partial charge in [0.25, 0.3) is 0 Å². The standard InChI is InChI=1S/C13H16N2O5S/c1-14(9-13(17)18)21(19,20)11-6-4-10(5-7-11)15-8-2-3-12(15)16/h4-7H,2-3,8-9H2,1H3,(H,17,18). The zero-order valence-corrected chi connectivity index (χ0v) is 12.3. The van der Waals surface area contributed by atoms with Crippen molar-refractivity contribution in [2.24, 2.45) is 0 Å². The first-order valence-corrected chi connectivity index (χ1v) is 7.85. The first-order valence-electron chi connectivity index (χ1n) is 6.41. The SMILES string of the molecule is CN(CC(=O)O)S(=O)(=O)c1ccc(N2CCCC2=O)cc1. The number of carbonyl (C=O) groups is 2. The summed E-state index contributed by atoms with van der Waals surface area (Å²) < 4.78 is 25.1. The second-order valence-corrected chi connectivity index (χ2v) is 6.84. The normalized spacial score (nSPS) is 15.7. The van der Waals surface area contributed by atoms with Crippen LogP contribution in [0.25, 0.3) is 0 Å². The van der Waals surface area contributed by atoms with Crippen LogP contribution in [0.5, 0.6) is 0 Å². The summed E-state index contributed by atoms with van der Waals surface area (Å²) in [7, 11) is -2.63. The van der Waals surface area contributed by atoms with Gasteiger partial charge in [-0.2, -0.15) is 4.31 Å². The highest BCUT2D eigenvalue weighted by atomic mass is 32.2. The van der Waals surface area contributed by atoms with E-state index in [2.05, 4.69) is 0 Å². The summed E-state index contributed by atoms with van der Waals surface area (Å²) in [6.45, 7) is 0.0263. The van der Waals surface area contributed by atoms with Crippen molar-refractivity contribution >= 4 is 27.6 Å². The van der Waals surface area contributed by atoms with Crippen molar-refractivity contribution in [3.63, 3.8) is 0 Å². The van der Waals surface area contributed by atoms with Gasteiger partial charge in [0, 0.05) is 25.7 Å². The van der Waals surface area contributed by atoms with Gasteiger partial charge in [0.05, 0.1) is 4.90 Å². The van der Waals surface area contributed by atoms with Crippen LogP contribution in [0.3, 0.4) is 0 Å². The number of rotatable bonds is 5. The van der Waals surface area contributed by atoms with Crippen LogP contribution in [0.1, 0.15) is 12.8 Å². The predicted octanol–water partition coefficient (Wildman–Crippen LogP) is 0.518. The average Bonchev–Trinajstić information content (AvgIpc) is 2.84. The highest BCUT2D eigenvalue weighted by Gasteiger charge is 2.25. The van der Waals surface area contributed by atoms with E-state index in [0.717, 1.165) is 10.7 Å². The third kappa shape index (κ3) is 3.22. The number of sulfonamides is 1. The Bertz CT molecular complexity index is 654. The minimum atomic E-state index is -3.84. The van der Waals surface area contributed by atoms with Crippen molar-refractivity contribution in [1.29, 1.82) is 0 Å². The topological polar surface area (TPSA) is 95.0 Å². The van der Waals surface area contributed by atoms with Crippen molar-refractivity contribution in [3.05, 3.63) is 24.3 Å². The molecule has 1 amide bonds. The molecule has 0 aromatic heterocycles. The number of benzene rings is 1. The van der Waals surface area contributed by atoms with Gasteiger partial charge in [-0.1, -0.05) is 0 Å². The maximum atomic E-state index is 12.1. The minimum Gasteiger partial charge on any atom is -0.480 e. The molecule has 7 nitrogen and oxygen atoms in total. The Balaban J connectivity index is 2.22. The Kier molecular flexibility index (Phi) is 4.29. The molecule has 0 saturated carbocycles. The van der Waals surface area contributed by atoms with E-state index in [-0.39, 0.29) is 10.8 Å². The summed E-state index contributed by atoms with van der Waals surface area (Å²) in [5.74, 6) is -1.20. The Hall–Kier alpha value is -1.93. The number of anilines is 1. The second kappa shape index (κ2) is 5.82. The summed E-state index contributed by atoms with van der Waals surface area (Å²) in [5, 5.41) is 8.66. The fraction of sp³-hybridized carbons (Fsp3) is 0.385. The first kappa shape index (κ1) is 15.5. The van der Waals surface area contributed by atoms with Crippen LogP contribution >= 0.6 is 0 Å². The number of carbonyl (C=O) groups excluding carboxylic acids is 1. The predicted molar refractivity (Wildman–Crippen MR) is 75.5 cm³/mol. The van der Waals surface area contributed by atoms with Gasteiger partial charge in [-0.25, -0.2) is 8.42 Å². The Morgan fingerprint density at radius 3 is 2.43 bits per heavy atom. The molecule has 114 valence electrons. The molecule has 1 aliphatic rings. The summed E-state index contributed by atoms with van der Waals surface area (Å²) in [6, 6.07) is 5.89. The molecule has 21 heavy (non-hydrogen) atoms. The number of hydrogen-bond donors (Lipinski definition) is 1. The van der Waals surface area contributed by atoms with Crippen LogP contribution in [0.2, 0.25) is 0 Å². The highest BCUT2D eigenvalue weighted by molar-refractivity contribution is 7.89.